The number of aliphatic hydroxyl groups is 1. The van der Waals surface area contributed by atoms with E-state index in [-0.39, 0.29) is 35.7 Å². The summed E-state index contributed by atoms with van der Waals surface area (Å²) in [5.41, 5.74) is -0.974. The van der Waals surface area contributed by atoms with Crippen LogP contribution in [-0.2, 0) is 19.1 Å². The van der Waals surface area contributed by atoms with Gasteiger partial charge in [-0.25, -0.2) is 0 Å². The number of benzene rings is 1. The molecule has 3 N–H and O–H groups in total. The smallest absolute Gasteiger partial charge is 0.246 e. The molecule has 3 saturated heterocycles. The molecule has 3 heterocycles. The van der Waals surface area contributed by atoms with E-state index in [1.807, 2.05) is 58.0 Å². The molecule has 210 valence electrons. The van der Waals surface area contributed by atoms with E-state index in [9.17, 15) is 19.5 Å². The third-order valence-electron chi connectivity index (χ3n) is 8.11. The van der Waals surface area contributed by atoms with Crippen molar-refractivity contribution in [2.75, 3.05) is 11.9 Å². The van der Waals surface area contributed by atoms with Crippen LogP contribution >= 0.6 is 0 Å². The molecule has 0 radical (unpaired) electrons. The maximum atomic E-state index is 14.2. The van der Waals surface area contributed by atoms with E-state index in [0.717, 1.165) is 6.42 Å². The van der Waals surface area contributed by atoms with Gasteiger partial charge in [-0.2, -0.15) is 0 Å². The van der Waals surface area contributed by atoms with Gasteiger partial charge in [-0.3, -0.25) is 14.4 Å². The summed E-state index contributed by atoms with van der Waals surface area (Å²) < 4.78 is 6.54. The summed E-state index contributed by atoms with van der Waals surface area (Å²) in [7, 11) is 0. The zero-order valence-electron chi connectivity index (χ0n) is 23.9. The first kappa shape index (κ1) is 28.6. The normalized spacial score (nSPS) is 29.5. The second-order valence-corrected chi connectivity index (χ2v) is 13.7. The number of fused-ring (bicyclic) bond motifs is 1. The highest BCUT2D eigenvalue weighted by atomic mass is 16.5. The number of carbonyl (C=O) groups excluding carboxylic acids is 3. The van der Waals surface area contributed by atoms with Crippen molar-refractivity contribution in [3.8, 4) is 0 Å². The second kappa shape index (κ2) is 10.3. The maximum Gasteiger partial charge on any atom is 0.246 e. The fourth-order valence-corrected chi connectivity index (χ4v) is 7.42. The van der Waals surface area contributed by atoms with Gasteiger partial charge >= 0.3 is 0 Å². The Labute approximate surface area is 226 Å². The molecule has 1 aromatic carbocycles. The third-order valence-corrected chi connectivity index (χ3v) is 8.11. The van der Waals surface area contributed by atoms with Crippen molar-refractivity contribution in [3.05, 3.63) is 30.3 Å². The maximum absolute atomic E-state index is 14.2. The SMILES string of the molecule is CC(C)C[C@H](CO)N1C(=O)[C@@H]2[C@H](C(=O)Nc3ccccc3)[C@@H]3CCC2(O3)C1C(=O)NC(C)(C)CC(C)(C)C. The zero-order valence-corrected chi connectivity index (χ0v) is 23.9. The standard InChI is InChI=1S/C30H45N3O5/c1-18(2)15-20(16-34)33-24(26(36)32-29(6,7)17-28(3,4)5)30-14-13-21(38-30)22(23(30)27(33)37)25(35)31-19-11-9-8-10-12-19/h8-12,18,20-24,34H,13-17H2,1-7H3,(H,31,35)(H,32,36)/t20-,21+,22-,23+,24?,30?/m1/s1. The van der Waals surface area contributed by atoms with Gasteiger partial charge in [-0.1, -0.05) is 52.8 Å². The number of ether oxygens (including phenoxy) is 1. The van der Waals surface area contributed by atoms with Crippen LogP contribution in [0.1, 0.15) is 74.1 Å². The van der Waals surface area contributed by atoms with Crippen molar-refractivity contribution in [3.63, 3.8) is 0 Å². The summed E-state index contributed by atoms with van der Waals surface area (Å²) in [6.45, 7) is 14.2. The summed E-state index contributed by atoms with van der Waals surface area (Å²) >= 11 is 0. The molecule has 2 bridgehead atoms. The molecule has 8 nitrogen and oxygen atoms in total. The number of anilines is 1. The summed E-state index contributed by atoms with van der Waals surface area (Å²) in [6, 6.07) is 7.73. The zero-order chi connectivity index (χ0) is 28.0. The van der Waals surface area contributed by atoms with Crippen LogP contribution in [0.4, 0.5) is 5.69 Å². The summed E-state index contributed by atoms with van der Waals surface area (Å²) in [5.74, 6) is -2.07. The summed E-state index contributed by atoms with van der Waals surface area (Å²) in [5, 5.41) is 16.6. The Balaban J connectivity index is 1.70. The van der Waals surface area contributed by atoms with Crippen molar-refractivity contribution in [2.45, 2.75) is 103 Å². The minimum absolute atomic E-state index is 0.0169. The molecular weight excluding hydrogens is 482 g/mol. The fourth-order valence-electron chi connectivity index (χ4n) is 7.42. The van der Waals surface area contributed by atoms with Crippen LogP contribution in [0.2, 0.25) is 0 Å². The number of aliphatic hydroxyl groups excluding tert-OH is 1. The Bertz CT molecular complexity index is 1050. The van der Waals surface area contributed by atoms with Gasteiger partial charge in [0.15, 0.2) is 0 Å². The van der Waals surface area contributed by atoms with Crippen LogP contribution < -0.4 is 10.6 Å². The van der Waals surface area contributed by atoms with E-state index >= 15 is 0 Å². The van der Waals surface area contributed by atoms with Crippen LogP contribution in [-0.4, -0.2) is 63.7 Å². The van der Waals surface area contributed by atoms with Crippen molar-refractivity contribution >= 4 is 23.4 Å². The molecule has 0 aromatic heterocycles. The van der Waals surface area contributed by atoms with Crippen LogP contribution in [0.3, 0.4) is 0 Å². The van der Waals surface area contributed by atoms with Crippen LogP contribution in [0.5, 0.6) is 0 Å². The van der Waals surface area contributed by atoms with Gasteiger partial charge in [0.05, 0.1) is 30.6 Å². The number of hydrogen-bond donors (Lipinski definition) is 3. The molecule has 1 spiro atoms. The van der Waals surface area contributed by atoms with Crippen LogP contribution in [0, 0.1) is 23.2 Å². The van der Waals surface area contributed by atoms with Crippen LogP contribution in [0.15, 0.2) is 30.3 Å². The third kappa shape index (κ3) is 5.34. The number of para-hydroxylation sites is 1. The van der Waals surface area contributed by atoms with Gasteiger partial charge in [-0.15, -0.1) is 0 Å². The van der Waals surface area contributed by atoms with E-state index in [2.05, 4.69) is 31.4 Å². The molecule has 6 atom stereocenters. The average Bonchev–Trinajstić information content (AvgIpc) is 3.43. The number of hydrogen-bond acceptors (Lipinski definition) is 5. The van der Waals surface area contributed by atoms with E-state index in [0.29, 0.717) is 24.9 Å². The molecular formula is C30H45N3O5. The molecule has 3 aliphatic heterocycles. The van der Waals surface area contributed by atoms with Gasteiger partial charge in [0.1, 0.15) is 11.6 Å². The Hall–Kier alpha value is -2.45. The molecule has 38 heavy (non-hydrogen) atoms. The first-order valence-electron chi connectivity index (χ1n) is 14.0. The first-order valence-corrected chi connectivity index (χ1v) is 14.0. The van der Waals surface area contributed by atoms with Gasteiger partial charge in [-0.05, 0) is 63.0 Å². The highest BCUT2D eigenvalue weighted by Gasteiger charge is 2.75. The van der Waals surface area contributed by atoms with Crippen LogP contribution in [0.25, 0.3) is 0 Å². The monoisotopic (exact) mass is 527 g/mol. The Kier molecular flexibility index (Phi) is 7.71. The molecule has 0 saturated carbocycles. The van der Waals surface area contributed by atoms with Crippen molar-refractivity contribution < 1.29 is 24.2 Å². The van der Waals surface area contributed by atoms with Gasteiger partial charge < -0.3 is 25.4 Å². The number of nitrogens with zero attached hydrogens (tertiary/aromatic N) is 1. The van der Waals surface area contributed by atoms with E-state index in [4.69, 9.17) is 4.74 Å². The number of nitrogens with one attached hydrogen (secondary N) is 2. The van der Waals surface area contributed by atoms with Gasteiger partial charge in [0, 0.05) is 11.2 Å². The lowest BCUT2D eigenvalue weighted by Crippen LogP contribution is -2.61. The topological polar surface area (TPSA) is 108 Å². The van der Waals surface area contributed by atoms with E-state index in [1.54, 1.807) is 4.90 Å². The van der Waals surface area contributed by atoms with E-state index in [1.165, 1.54) is 0 Å². The molecule has 4 rings (SSSR count). The predicted molar refractivity (Wildman–Crippen MR) is 146 cm³/mol. The summed E-state index contributed by atoms with van der Waals surface area (Å²) in [6.07, 6.45) is 1.99. The Morgan fingerprint density at radius 1 is 1.13 bits per heavy atom. The molecule has 1 aromatic rings. The number of amides is 3. The van der Waals surface area contributed by atoms with Crippen molar-refractivity contribution in [2.24, 2.45) is 23.2 Å². The first-order chi connectivity index (χ1) is 17.7. The molecule has 8 heteroatoms. The lowest BCUT2D eigenvalue weighted by Gasteiger charge is -2.40. The highest BCUT2D eigenvalue weighted by Crippen LogP contribution is 2.59. The summed E-state index contributed by atoms with van der Waals surface area (Å²) in [4.78, 5) is 43.5. The van der Waals surface area contributed by atoms with Crippen molar-refractivity contribution in [1.82, 2.24) is 10.2 Å². The second-order valence-electron chi connectivity index (χ2n) is 13.7. The molecule has 2 unspecified atom stereocenters. The average molecular weight is 528 g/mol. The van der Waals surface area contributed by atoms with Gasteiger partial charge in [0.25, 0.3) is 0 Å². The fraction of sp³-hybridized carbons (Fsp3) is 0.700. The highest BCUT2D eigenvalue weighted by molar-refractivity contribution is 6.02. The quantitative estimate of drug-likeness (QED) is 0.454. The number of carbonyl (C=O) groups is 3. The van der Waals surface area contributed by atoms with Crippen molar-refractivity contribution in [1.29, 1.82) is 0 Å². The minimum Gasteiger partial charge on any atom is -0.394 e. The number of likely N-dealkylation sites (tertiary alicyclic amines) is 1. The molecule has 0 aliphatic carbocycles. The molecule has 3 fully saturated rings. The van der Waals surface area contributed by atoms with E-state index < -0.39 is 41.2 Å². The lowest BCUT2D eigenvalue weighted by molar-refractivity contribution is -0.146. The Morgan fingerprint density at radius 3 is 2.37 bits per heavy atom. The number of rotatable bonds is 9. The predicted octanol–water partition coefficient (Wildman–Crippen LogP) is 3.74. The Morgan fingerprint density at radius 2 is 1.79 bits per heavy atom. The molecule has 3 aliphatic rings. The van der Waals surface area contributed by atoms with Gasteiger partial charge in [0.2, 0.25) is 17.7 Å². The molecule has 3 amide bonds. The minimum atomic E-state index is -1.09. The lowest BCUT2D eigenvalue weighted by atomic mass is 9.70. The largest absolute Gasteiger partial charge is 0.394 e.